The number of hydrogen-bond acceptors (Lipinski definition) is 0. The number of pyridine rings is 5. The first kappa shape index (κ1) is 99.3. The van der Waals surface area contributed by atoms with E-state index in [1.165, 1.54) is 147 Å². The number of benzene rings is 12. The van der Waals surface area contributed by atoms with Gasteiger partial charge in [-0.2, -0.15) is 22.8 Å². The molecule has 0 aliphatic heterocycles. The summed E-state index contributed by atoms with van der Waals surface area (Å²) in [5.41, 5.74) is 42.1. The molecule has 0 fully saturated rings. The molecule has 17 aromatic rings. The van der Waals surface area contributed by atoms with Gasteiger partial charge >= 0.3 is 0 Å². The molecule has 5 aromatic heterocycles. The monoisotopic (exact) mass is 1910 g/mol. The van der Waals surface area contributed by atoms with Crippen LogP contribution in [-0.4, -0.2) is 0 Å². The summed E-state index contributed by atoms with van der Waals surface area (Å²) in [5, 5.41) is 10.6. The van der Waals surface area contributed by atoms with Crippen molar-refractivity contribution in [2.75, 3.05) is 0 Å². The van der Waals surface area contributed by atoms with Gasteiger partial charge in [0.25, 0.3) is 0 Å². The average molecular weight is 1910 g/mol. The maximum Gasteiger partial charge on any atom is 0.223 e. The highest BCUT2D eigenvalue weighted by molar-refractivity contribution is 6.00. The summed E-state index contributed by atoms with van der Waals surface area (Å²) in [5.74, 6) is 2.38. The van der Waals surface area contributed by atoms with E-state index in [9.17, 15) is 4.39 Å². The molecule has 1 aliphatic rings. The van der Waals surface area contributed by atoms with Crippen LogP contribution in [0.5, 0.6) is 0 Å². The van der Waals surface area contributed by atoms with E-state index in [2.05, 4.69) is 352 Å². The van der Waals surface area contributed by atoms with Crippen molar-refractivity contribution in [3.63, 3.8) is 0 Å². The topological polar surface area (TPSA) is 19.4 Å². The number of hydrogen-bond donors (Lipinski definition) is 0. The fourth-order valence-corrected chi connectivity index (χ4v) is 22.9. The molecule has 0 bridgehead atoms. The summed E-state index contributed by atoms with van der Waals surface area (Å²) >= 11 is 0. The Morgan fingerprint density at radius 3 is 0.923 bits per heavy atom. The molecule has 0 radical (unpaired) electrons. The van der Waals surface area contributed by atoms with E-state index in [4.69, 9.17) is 6.85 Å². The Bertz CT molecular complexity index is 7880. The number of aromatic nitrogens is 5. The minimum atomic E-state index is -0.166. The third kappa shape index (κ3) is 21.9. The molecule has 1 aliphatic carbocycles. The van der Waals surface area contributed by atoms with Crippen LogP contribution in [0.1, 0.15) is 305 Å². The second-order valence-corrected chi connectivity index (χ2v) is 41.3. The van der Waals surface area contributed by atoms with Gasteiger partial charge in [0.1, 0.15) is 46.9 Å². The maximum absolute atomic E-state index is 15.3. The second-order valence-electron chi connectivity index (χ2n) is 41.3. The standard InChI is InChI=1S/C31H36N.C29H32N.C26H32N.2C25H31FN/c1-8-24(9-2)25-13-16-29-27(19-25)18-23(6)32(7)31(29)28-15-14-26(17-22(28)5)30-20(3)11-10-12-21(30)4;1-6-22(7-2)25-14-16-28-26(19-25)18-21(4)30(5)29(28)27-15-13-24(17-20(27)3)23-11-9-8-10-12-23;1-6-19(7-2)22-11-12-24-23(15-22)14-18(4)27(5)26(24)25-16-21-10-8-9-20(21)13-17(25)3;1-8-19(9-2)20-10-11-22-21(14-20)13-16(4)27(7)25(22)23-12-15(3)24(26)18(6)17(23)5;1-8-19(9-2)20-10-11-22-21(14-20)13-17(5)27(7)25(22)23-18(6)15(3)12-16(4)24(23)26/h10-19,24H,8-9H2,1-7H3;8-19,22H,6-7H2,1-5H3;11-16,19H,6-10H2,1-5H3;2*10-14,19H,8-9H2,1-7H3/q5*+1/i2*18D;14D;2*13D. The summed E-state index contributed by atoms with van der Waals surface area (Å²) in [6.45, 7) is 55.0. The van der Waals surface area contributed by atoms with Gasteiger partial charge in [-0.3, -0.25) is 0 Å². The van der Waals surface area contributed by atoms with E-state index >= 15 is 4.39 Å². The second kappa shape index (κ2) is 46.1. The first-order chi connectivity index (χ1) is 70.6. The lowest BCUT2D eigenvalue weighted by Gasteiger charge is -2.16. The summed E-state index contributed by atoms with van der Waals surface area (Å²) in [4.78, 5) is 0. The van der Waals surface area contributed by atoms with Gasteiger partial charge in [0.2, 0.25) is 28.5 Å². The largest absolute Gasteiger partial charge is 0.223 e. The van der Waals surface area contributed by atoms with Crippen LogP contribution in [0, 0.1) is 122 Å². The van der Waals surface area contributed by atoms with Crippen molar-refractivity contribution in [3.05, 3.63) is 371 Å². The first-order valence-corrected chi connectivity index (χ1v) is 53.3. The van der Waals surface area contributed by atoms with Crippen LogP contribution in [0.25, 0.3) is 132 Å². The molecule has 0 unspecified atom stereocenters. The smallest absolute Gasteiger partial charge is 0.206 e. The molecule has 0 saturated carbocycles. The minimum absolute atomic E-state index is 0.127. The zero-order valence-corrected chi connectivity index (χ0v) is 92.1. The highest BCUT2D eigenvalue weighted by Gasteiger charge is 2.31. The van der Waals surface area contributed by atoms with Crippen LogP contribution in [0.15, 0.2) is 230 Å². The van der Waals surface area contributed by atoms with Crippen LogP contribution in [-0.2, 0) is 48.1 Å². The van der Waals surface area contributed by atoms with E-state index < -0.39 is 0 Å². The van der Waals surface area contributed by atoms with Gasteiger partial charge in [0, 0.05) is 76.0 Å². The number of halogens is 2. The molecule has 5 nitrogen and oxygen atoms in total. The average Bonchev–Trinajstić information content (AvgIpc) is 1.06. The third-order valence-electron chi connectivity index (χ3n) is 32.5. The Morgan fingerprint density at radius 1 is 0.245 bits per heavy atom. The first-order valence-electron chi connectivity index (χ1n) is 55.8. The Hall–Kier alpha value is -12.5. The van der Waals surface area contributed by atoms with E-state index in [0.717, 1.165) is 175 Å². The normalized spacial score (nSPS) is 12.4. The van der Waals surface area contributed by atoms with Gasteiger partial charge in [-0.15, -0.1) is 0 Å². The van der Waals surface area contributed by atoms with Crippen molar-refractivity contribution in [3.8, 4) is 78.5 Å². The van der Waals surface area contributed by atoms with E-state index in [-0.39, 0.29) is 11.6 Å². The molecule has 143 heavy (non-hydrogen) atoms. The van der Waals surface area contributed by atoms with Crippen molar-refractivity contribution >= 4 is 53.9 Å². The van der Waals surface area contributed by atoms with E-state index in [1.54, 1.807) is 0 Å². The molecule has 7 heteroatoms. The number of aryl methyl sites for hydroxylation is 10. The molecule has 0 atom stereocenters. The van der Waals surface area contributed by atoms with Crippen LogP contribution < -0.4 is 22.8 Å². The van der Waals surface area contributed by atoms with Gasteiger partial charge in [-0.05, 0) is 393 Å². The SMILES string of the molecule is [2H]c1c(C)[n+](C)c(-c2c(C)c(C)cc(C)c2F)c2ccc(C(CC)CC)cc12.[2H]c1c(C)[n+](C)c(-c2cc(C)c(F)c(C)c2C)c2ccc(C(CC)CC)cc12.[2H]c1c(C)[n+](C)c(-c2cc3c(cc2C)CCC3)c2ccc(C(CC)CC)cc12.[2H]c1c(C)[n+](C)c(-c2ccc(-c3c(C)cccc3C)cc2C)c2ccc(C(CC)CC)cc12.[2H]c1c(C)[n+](C)c(-c2ccc(-c3ccccc3)cc2C)c2ccc(C(CC)CC)cc12. The molecule has 0 spiro atoms. The zero-order chi connectivity index (χ0) is 107. The molecule has 740 valence electrons. The van der Waals surface area contributed by atoms with Gasteiger partial charge in [0.05, 0.1) is 50.5 Å². The lowest BCUT2D eigenvalue weighted by molar-refractivity contribution is -0.665. The van der Waals surface area contributed by atoms with E-state index in [0.29, 0.717) is 82.1 Å². The fraction of sp³-hybridized carbons (Fsp3) is 0.360. The highest BCUT2D eigenvalue weighted by Crippen LogP contribution is 2.44. The fourth-order valence-electron chi connectivity index (χ4n) is 22.9. The van der Waals surface area contributed by atoms with Crippen LogP contribution >= 0.6 is 0 Å². The minimum Gasteiger partial charge on any atom is -0.206 e. The van der Waals surface area contributed by atoms with Gasteiger partial charge in [-0.1, -0.05) is 215 Å². The molecular formula is C136H162F2N5+5. The Morgan fingerprint density at radius 2 is 0.559 bits per heavy atom. The van der Waals surface area contributed by atoms with Gasteiger partial charge in [-0.25, -0.2) is 8.78 Å². The highest BCUT2D eigenvalue weighted by atomic mass is 19.1. The lowest BCUT2D eigenvalue weighted by atomic mass is 9.89. The lowest BCUT2D eigenvalue weighted by Crippen LogP contribution is -2.35. The summed E-state index contributed by atoms with van der Waals surface area (Å²) in [7, 11) is 10.2. The Balaban J connectivity index is 0.000000146. The van der Waals surface area contributed by atoms with Crippen molar-refractivity contribution in [2.45, 2.75) is 293 Å². The zero-order valence-electron chi connectivity index (χ0n) is 97.1. The Labute approximate surface area is 864 Å². The van der Waals surface area contributed by atoms with Crippen LogP contribution in [0.4, 0.5) is 8.78 Å². The van der Waals surface area contributed by atoms with Crippen molar-refractivity contribution in [1.29, 1.82) is 0 Å². The molecule has 12 aromatic carbocycles. The van der Waals surface area contributed by atoms with Gasteiger partial charge < -0.3 is 0 Å². The van der Waals surface area contributed by atoms with E-state index in [1.807, 2.05) is 86.2 Å². The number of nitrogens with zero attached hydrogens (tertiary/aromatic N) is 5. The molecule has 18 rings (SSSR count). The van der Waals surface area contributed by atoms with Crippen molar-refractivity contribution in [1.82, 2.24) is 0 Å². The quantitative estimate of drug-likeness (QED) is 0.0603. The molecule has 0 N–H and O–H groups in total. The Kier molecular flexibility index (Phi) is 32.0. The van der Waals surface area contributed by atoms with Crippen LogP contribution in [0.2, 0.25) is 0 Å². The number of rotatable bonds is 22. The number of fused-ring (bicyclic) bond motifs is 6. The molecule has 0 amide bonds. The third-order valence-corrected chi connectivity index (χ3v) is 32.5. The maximum atomic E-state index is 15.3. The summed E-state index contributed by atoms with van der Waals surface area (Å²) in [6.07, 6.45) is 14.8. The van der Waals surface area contributed by atoms with Gasteiger partial charge in [0.15, 0.2) is 28.5 Å². The predicted octanol–water partition coefficient (Wildman–Crippen LogP) is 35.2. The van der Waals surface area contributed by atoms with Crippen molar-refractivity contribution < 1.29 is 38.5 Å². The summed E-state index contributed by atoms with van der Waals surface area (Å²) in [6, 6.07) is 75.7. The molecular weight excluding hydrogens is 1740 g/mol. The molecule has 0 saturated heterocycles. The van der Waals surface area contributed by atoms with Crippen LogP contribution in [0.3, 0.4) is 0 Å². The molecule has 5 heterocycles. The predicted molar refractivity (Wildman–Crippen MR) is 608 cm³/mol. The summed E-state index contributed by atoms with van der Waals surface area (Å²) < 4.78 is 84.4. The van der Waals surface area contributed by atoms with Crippen molar-refractivity contribution in [2.24, 2.45) is 35.2 Å².